The molecular weight excluding hydrogens is 282 g/mol. The van der Waals surface area contributed by atoms with Gasteiger partial charge in [0.15, 0.2) is 0 Å². The first-order valence-corrected chi connectivity index (χ1v) is 8.74. The highest BCUT2D eigenvalue weighted by molar-refractivity contribution is 5.62. The number of nitrogens with one attached hydrogen (secondary N) is 1. The third-order valence-corrected chi connectivity index (χ3v) is 4.45. The number of piperazine rings is 1. The zero-order valence-corrected chi connectivity index (χ0v) is 13.8. The first-order valence-electron chi connectivity index (χ1n) is 8.74. The second-order valence-electron chi connectivity index (χ2n) is 6.12. The van der Waals surface area contributed by atoms with Crippen LogP contribution in [0.2, 0.25) is 0 Å². The third-order valence-electron chi connectivity index (χ3n) is 4.45. The minimum atomic E-state index is 1.07. The molecular formula is C20H27N3. The lowest BCUT2D eigenvalue weighted by Crippen LogP contribution is -2.43. The van der Waals surface area contributed by atoms with Crippen molar-refractivity contribution in [1.82, 2.24) is 10.2 Å². The maximum absolute atomic E-state index is 3.42. The van der Waals surface area contributed by atoms with Crippen molar-refractivity contribution in [2.75, 3.05) is 44.2 Å². The topological polar surface area (TPSA) is 18.5 Å². The van der Waals surface area contributed by atoms with Crippen LogP contribution in [0.25, 0.3) is 0 Å². The second kappa shape index (κ2) is 8.70. The predicted molar refractivity (Wildman–Crippen MR) is 98.4 cm³/mol. The Morgan fingerprint density at radius 2 is 1.35 bits per heavy atom. The molecule has 0 amide bonds. The molecule has 3 nitrogen and oxygen atoms in total. The summed E-state index contributed by atoms with van der Waals surface area (Å²) in [5.74, 6) is 0. The number of para-hydroxylation sites is 2. The summed E-state index contributed by atoms with van der Waals surface area (Å²) in [6.07, 6.45) is 2.48. The van der Waals surface area contributed by atoms with Crippen LogP contribution < -0.4 is 10.2 Å². The van der Waals surface area contributed by atoms with Crippen molar-refractivity contribution in [2.45, 2.75) is 12.8 Å². The average molecular weight is 309 g/mol. The summed E-state index contributed by atoms with van der Waals surface area (Å²) in [6.45, 7) is 6.96. The Balaban J connectivity index is 1.56. The smallest absolute Gasteiger partial charge is 0.0410 e. The van der Waals surface area contributed by atoms with Gasteiger partial charge < -0.3 is 15.1 Å². The van der Waals surface area contributed by atoms with Crippen LogP contribution >= 0.6 is 0 Å². The molecule has 23 heavy (non-hydrogen) atoms. The number of hydrogen-bond donors (Lipinski definition) is 1. The van der Waals surface area contributed by atoms with Gasteiger partial charge in [-0.25, -0.2) is 0 Å². The molecule has 1 aliphatic heterocycles. The van der Waals surface area contributed by atoms with Gasteiger partial charge in [-0.05, 0) is 43.7 Å². The molecule has 3 heteroatoms. The number of rotatable bonds is 7. The fourth-order valence-corrected chi connectivity index (χ4v) is 3.16. The van der Waals surface area contributed by atoms with Gasteiger partial charge in [0.1, 0.15) is 0 Å². The van der Waals surface area contributed by atoms with Crippen LogP contribution in [0.4, 0.5) is 11.4 Å². The van der Waals surface area contributed by atoms with Crippen LogP contribution in [-0.4, -0.2) is 44.2 Å². The first kappa shape index (κ1) is 16.0. The maximum atomic E-state index is 3.42. The minimum Gasteiger partial charge on any atom is -0.341 e. The third kappa shape index (κ3) is 4.81. The van der Waals surface area contributed by atoms with E-state index in [0.29, 0.717) is 0 Å². The molecule has 0 atom stereocenters. The van der Waals surface area contributed by atoms with E-state index in [1.165, 1.54) is 43.9 Å². The Kier molecular flexibility index (Phi) is 6.07. The number of hydrogen-bond acceptors (Lipinski definition) is 3. The van der Waals surface area contributed by atoms with Crippen LogP contribution in [0, 0.1) is 0 Å². The quantitative estimate of drug-likeness (QED) is 0.790. The largest absolute Gasteiger partial charge is 0.341 e. The van der Waals surface area contributed by atoms with Crippen molar-refractivity contribution in [1.29, 1.82) is 0 Å². The van der Waals surface area contributed by atoms with Gasteiger partial charge >= 0.3 is 0 Å². The minimum absolute atomic E-state index is 1.07. The van der Waals surface area contributed by atoms with Crippen LogP contribution in [0.15, 0.2) is 60.7 Å². The van der Waals surface area contributed by atoms with Crippen LogP contribution in [0.1, 0.15) is 12.8 Å². The second-order valence-corrected chi connectivity index (χ2v) is 6.12. The molecule has 3 rings (SSSR count). The van der Waals surface area contributed by atoms with E-state index in [2.05, 4.69) is 75.8 Å². The number of nitrogens with zero attached hydrogens (tertiary/aromatic N) is 2. The molecule has 0 aromatic heterocycles. The molecule has 0 bridgehead atoms. The number of anilines is 2. The highest BCUT2D eigenvalue weighted by atomic mass is 15.2. The summed E-state index contributed by atoms with van der Waals surface area (Å²) in [5.41, 5.74) is 2.56. The molecule has 2 aromatic rings. The zero-order chi connectivity index (χ0) is 15.7. The predicted octanol–water partition coefficient (Wildman–Crippen LogP) is 3.51. The summed E-state index contributed by atoms with van der Waals surface area (Å²) >= 11 is 0. The van der Waals surface area contributed by atoms with Gasteiger partial charge in [0.05, 0.1) is 0 Å². The van der Waals surface area contributed by atoms with Crippen molar-refractivity contribution in [3.8, 4) is 0 Å². The Hall–Kier alpha value is -1.84. The van der Waals surface area contributed by atoms with Crippen molar-refractivity contribution in [3.05, 3.63) is 60.7 Å². The van der Waals surface area contributed by atoms with Crippen molar-refractivity contribution >= 4 is 11.4 Å². The lowest BCUT2D eigenvalue weighted by Gasteiger charge is -2.28. The van der Waals surface area contributed by atoms with Crippen LogP contribution in [0.3, 0.4) is 0 Å². The van der Waals surface area contributed by atoms with Gasteiger partial charge in [0, 0.05) is 44.1 Å². The summed E-state index contributed by atoms with van der Waals surface area (Å²) in [5, 5.41) is 3.42. The highest BCUT2D eigenvalue weighted by Gasteiger charge is 2.11. The Morgan fingerprint density at radius 3 is 1.91 bits per heavy atom. The van der Waals surface area contributed by atoms with E-state index in [4.69, 9.17) is 0 Å². The standard InChI is InChI=1S/C20H27N3/c1-3-9-19(10-4-1)23(20-11-5-2-6-12-20)16-8-7-15-22-17-13-21-14-18-22/h1-6,9-12,21H,7-8,13-18H2. The van der Waals surface area contributed by atoms with E-state index in [1.807, 2.05) is 0 Å². The summed E-state index contributed by atoms with van der Waals surface area (Å²) in [7, 11) is 0. The maximum Gasteiger partial charge on any atom is 0.0410 e. The zero-order valence-electron chi connectivity index (χ0n) is 13.8. The Morgan fingerprint density at radius 1 is 0.783 bits per heavy atom. The Bertz CT molecular complexity index is 510. The van der Waals surface area contributed by atoms with Gasteiger partial charge in [0.25, 0.3) is 0 Å². The molecule has 1 saturated heterocycles. The lowest BCUT2D eigenvalue weighted by molar-refractivity contribution is 0.237. The summed E-state index contributed by atoms with van der Waals surface area (Å²) < 4.78 is 0. The molecule has 1 heterocycles. The van der Waals surface area contributed by atoms with Crippen molar-refractivity contribution in [2.24, 2.45) is 0 Å². The average Bonchev–Trinajstić information content (AvgIpc) is 2.64. The van der Waals surface area contributed by atoms with E-state index < -0.39 is 0 Å². The van der Waals surface area contributed by atoms with E-state index in [0.717, 1.165) is 19.6 Å². The highest BCUT2D eigenvalue weighted by Crippen LogP contribution is 2.25. The van der Waals surface area contributed by atoms with E-state index in [1.54, 1.807) is 0 Å². The van der Waals surface area contributed by atoms with Crippen molar-refractivity contribution < 1.29 is 0 Å². The molecule has 122 valence electrons. The van der Waals surface area contributed by atoms with Crippen LogP contribution in [-0.2, 0) is 0 Å². The monoisotopic (exact) mass is 309 g/mol. The van der Waals surface area contributed by atoms with Crippen LogP contribution in [0.5, 0.6) is 0 Å². The normalized spacial score (nSPS) is 15.5. The number of benzene rings is 2. The van der Waals surface area contributed by atoms with Gasteiger partial charge in [-0.2, -0.15) is 0 Å². The van der Waals surface area contributed by atoms with Gasteiger partial charge in [0.2, 0.25) is 0 Å². The van der Waals surface area contributed by atoms with Gasteiger partial charge in [-0.15, -0.1) is 0 Å². The molecule has 0 aliphatic carbocycles. The van der Waals surface area contributed by atoms with E-state index in [9.17, 15) is 0 Å². The van der Waals surface area contributed by atoms with Gasteiger partial charge in [-0.3, -0.25) is 0 Å². The molecule has 0 radical (unpaired) electrons. The fraction of sp³-hybridized carbons (Fsp3) is 0.400. The molecule has 0 spiro atoms. The van der Waals surface area contributed by atoms with Crippen molar-refractivity contribution in [3.63, 3.8) is 0 Å². The molecule has 1 N–H and O–H groups in total. The van der Waals surface area contributed by atoms with Gasteiger partial charge in [-0.1, -0.05) is 36.4 Å². The Labute approximate surface area is 139 Å². The first-order chi connectivity index (χ1) is 11.4. The summed E-state index contributed by atoms with van der Waals surface area (Å²) in [6, 6.07) is 21.4. The molecule has 1 aliphatic rings. The molecule has 0 unspecified atom stereocenters. The lowest BCUT2D eigenvalue weighted by atomic mass is 10.2. The molecule has 2 aromatic carbocycles. The van der Waals surface area contributed by atoms with E-state index >= 15 is 0 Å². The van der Waals surface area contributed by atoms with E-state index in [-0.39, 0.29) is 0 Å². The number of unbranched alkanes of at least 4 members (excludes halogenated alkanes) is 1. The SMILES string of the molecule is c1ccc(N(CCCCN2CCNCC2)c2ccccc2)cc1. The summed E-state index contributed by atoms with van der Waals surface area (Å²) in [4.78, 5) is 5.00. The fourth-order valence-electron chi connectivity index (χ4n) is 3.16. The molecule has 0 saturated carbocycles. The molecule has 1 fully saturated rings.